The van der Waals surface area contributed by atoms with Crippen molar-refractivity contribution >= 4 is 56.4 Å². The SMILES string of the molecule is Clc1ccc(CNc2ccc(Br)cc2Cl)c(Cl)c1. The van der Waals surface area contributed by atoms with Crippen LogP contribution in [-0.4, -0.2) is 0 Å². The maximum Gasteiger partial charge on any atom is 0.0648 e. The molecule has 0 heterocycles. The second-order valence-corrected chi connectivity index (χ2v) is 5.88. The Morgan fingerprint density at radius 1 is 0.944 bits per heavy atom. The second-order valence-electron chi connectivity index (χ2n) is 3.71. The Morgan fingerprint density at radius 3 is 2.39 bits per heavy atom. The highest BCUT2D eigenvalue weighted by atomic mass is 79.9. The van der Waals surface area contributed by atoms with E-state index < -0.39 is 0 Å². The molecule has 0 saturated carbocycles. The van der Waals surface area contributed by atoms with Gasteiger partial charge in [0.15, 0.2) is 0 Å². The molecule has 0 aromatic heterocycles. The molecule has 0 unspecified atom stereocenters. The van der Waals surface area contributed by atoms with Crippen molar-refractivity contribution in [3.8, 4) is 0 Å². The van der Waals surface area contributed by atoms with Gasteiger partial charge in [0.25, 0.3) is 0 Å². The molecule has 1 nitrogen and oxygen atoms in total. The Balaban J connectivity index is 2.11. The number of benzene rings is 2. The number of nitrogens with one attached hydrogen (secondary N) is 1. The second kappa shape index (κ2) is 6.16. The van der Waals surface area contributed by atoms with Crippen molar-refractivity contribution in [2.24, 2.45) is 0 Å². The fourth-order valence-electron chi connectivity index (χ4n) is 1.49. The Bertz CT molecular complexity index is 521. The van der Waals surface area contributed by atoms with Gasteiger partial charge in [-0.05, 0) is 35.9 Å². The molecule has 0 aliphatic heterocycles. The topological polar surface area (TPSA) is 12.0 Å². The van der Waals surface area contributed by atoms with E-state index in [0.717, 1.165) is 15.7 Å². The van der Waals surface area contributed by atoms with Crippen LogP contribution in [0.4, 0.5) is 5.69 Å². The molecule has 0 spiro atoms. The first kappa shape index (κ1) is 14.0. The summed E-state index contributed by atoms with van der Waals surface area (Å²) in [4.78, 5) is 0. The highest BCUT2D eigenvalue weighted by Crippen LogP contribution is 2.27. The number of hydrogen-bond donors (Lipinski definition) is 1. The molecule has 94 valence electrons. The lowest BCUT2D eigenvalue weighted by atomic mass is 10.2. The fraction of sp³-hybridized carbons (Fsp3) is 0.0769. The largest absolute Gasteiger partial charge is 0.380 e. The van der Waals surface area contributed by atoms with Crippen LogP contribution in [-0.2, 0) is 6.54 Å². The summed E-state index contributed by atoms with van der Waals surface area (Å²) in [5, 5.41) is 5.17. The van der Waals surface area contributed by atoms with Gasteiger partial charge in [0, 0.05) is 21.1 Å². The maximum atomic E-state index is 6.11. The molecular formula is C13H9BrCl3N. The van der Waals surface area contributed by atoms with Crippen molar-refractivity contribution < 1.29 is 0 Å². The van der Waals surface area contributed by atoms with Crippen LogP contribution in [0.5, 0.6) is 0 Å². The van der Waals surface area contributed by atoms with E-state index in [9.17, 15) is 0 Å². The third-order valence-electron chi connectivity index (χ3n) is 2.42. The molecule has 18 heavy (non-hydrogen) atoms. The first-order valence-electron chi connectivity index (χ1n) is 5.19. The summed E-state index contributed by atoms with van der Waals surface area (Å²) in [6, 6.07) is 11.1. The third-order valence-corrected chi connectivity index (χ3v) is 3.81. The third kappa shape index (κ3) is 3.55. The van der Waals surface area contributed by atoms with E-state index >= 15 is 0 Å². The Labute approximate surface area is 129 Å². The van der Waals surface area contributed by atoms with E-state index in [-0.39, 0.29) is 0 Å². The van der Waals surface area contributed by atoms with Gasteiger partial charge in [-0.15, -0.1) is 0 Å². The highest BCUT2D eigenvalue weighted by Gasteiger charge is 2.04. The predicted octanol–water partition coefficient (Wildman–Crippen LogP) is 6.02. The van der Waals surface area contributed by atoms with Crippen LogP contribution in [0.25, 0.3) is 0 Å². The van der Waals surface area contributed by atoms with Crippen molar-refractivity contribution in [2.75, 3.05) is 5.32 Å². The molecule has 1 N–H and O–H groups in total. The molecule has 0 atom stereocenters. The van der Waals surface area contributed by atoms with Crippen LogP contribution < -0.4 is 5.32 Å². The summed E-state index contributed by atoms with van der Waals surface area (Å²) in [5.41, 5.74) is 1.84. The van der Waals surface area contributed by atoms with Crippen LogP contribution in [0.2, 0.25) is 15.1 Å². The molecule has 0 fully saturated rings. The van der Waals surface area contributed by atoms with Crippen molar-refractivity contribution in [1.82, 2.24) is 0 Å². The van der Waals surface area contributed by atoms with Crippen molar-refractivity contribution in [2.45, 2.75) is 6.54 Å². The van der Waals surface area contributed by atoms with Gasteiger partial charge in [-0.1, -0.05) is 56.8 Å². The van der Waals surface area contributed by atoms with Gasteiger partial charge < -0.3 is 5.32 Å². The predicted molar refractivity (Wildman–Crippen MR) is 82.9 cm³/mol. The van der Waals surface area contributed by atoms with Gasteiger partial charge in [0.2, 0.25) is 0 Å². The van der Waals surface area contributed by atoms with Crippen LogP contribution in [0.3, 0.4) is 0 Å². The smallest absolute Gasteiger partial charge is 0.0648 e. The van der Waals surface area contributed by atoms with Crippen molar-refractivity contribution in [1.29, 1.82) is 0 Å². The maximum absolute atomic E-state index is 6.11. The fourth-order valence-corrected chi connectivity index (χ4v) is 2.70. The lowest BCUT2D eigenvalue weighted by Gasteiger charge is -2.10. The van der Waals surface area contributed by atoms with E-state index in [1.165, 1.54) is 0 Å². The summed E-state index contributed by atoms with van der Waals surface area (Å²) in [5.74, 6) is 0. The molecule has 0 aliphatic rings. The molecule has 0 amide bonds. The number of hydrogen-bond acceptors (Lipinski definition) is 1. The van der Waals surface area contributed by atoms with Gasteiger partial charge >= 0.3 is 0 Å². The monoisotopic (exact) mass is 363 g/mol. The quantitative estimate of drug-likeness (QED) is 0.701. The van der Waals surface area contributed by atoms with Gasteiger partial charge in [-0.3, -0.25) is 0 Å². The number of rotatable bonds is 3. The summed E-state index contributed by atoms with van der Waals surface area (Å²) in [6.07, 6.45) is 0. The van der Waals surface area contributed by atoms with E-state index in [2.05, 4.69) is 21.2 Å². The molecule has 0 saturated heterocycles. The van der Waals surface area contributed by atoms with Crippen LogP contribution in [0, 0.1) is 0 Å². The van der Waals surface area contributed by atoms with E-state index in [1.807, 2.05) is 30.3 Å². The lowest BCUT2D eigenvalue weighted by molar-refractivity contribution is 1.15. The molecule has 2 aromatic rings. The summed E-state index contributed by atoms with van der Waals surface area (Å²) in [7, 11) is 0. The Kier molecular flexibility index (Phi) is 4.79. The molecular weight excluding hydrogens is 356 g/mol. The molecule has 2 rings (SSSR count). The molecule has 0 radical (unpaired) electrons. The standard InChI is InChI=1S/C13H9BrCl3N/c14-9-2-4-13(12(17)5-9)18-7-8-1-3-10(15)6-11(8)16/h1-6,18H,7H2. The first-order chi connectivity index (χ1) is 8.56. The average molecular weight is 365 g/mol. The number of halogens is 4. The summed E-state index contributed by atoms with van der Waals surface area (Å²) >= 11 is 21.4. The zero-order valence-electron chi connectivity index (χ0n) is 9.18. The van der Waals surface area contributed by atoms with E-state index in [1.54, 1.807) is 6.07 Å². The minimum atomic E-state index is 0.595. The van der Waals surface area contributed by atoms with Crippen LogP contribution in [0.1, 0.15) is 5.56 Å². The minimum Gasteiger partial charge on any atom is -0.380 e. The Morgan fingerprint density at radius 2 is 1.72 bits per heavy atom. The van der Waals surface area contributed by atoms with Crippen molar-refractivity contribution in [3.05, 3.63) is 61.5 Å². The minimum absolute atomic E-state index is 0.595. The first-order valence-corrected chi connectivity index (χ1v) is 7.12. The molecule has 0 bridgehead atoms. The van der Waals surface area contributed by atoms with Crippen molar-refractivity contribution in [3.63, 3.8) is 0 Å². The normalized spacial score (nSPS) is 10.4. The number of anilines is 1. The van der Waals surface area contributed by atoms with Gasteiger partial charge in [0.1, 0.15) is 0 Å². The van der Waals surface area contributed by atoms with E-state index in [0.29, 0.717) is 21.6 Å². The van der Waals surface area contributed by atoms with Gasteiger partial charge in [-0.2, -0.15) is 0 Å². The molecule has 5 heteroatoms. The van der Waals surface area contributed by atoms with E-state index in [4.69, 9.17) is 34.8 Å². The zero-order chi connectivity index (χ0) is 13.1. The highest BCUT2D eigenvalue weighted by molar-refractivity contribution is 9.10. The molecule has 0 aliphatic carbocycles. The summed E-state index contributed by atoms with van der Waals surface area (Å²) in [6.45, 7) is 0.595. The zero-order valence-corrected chi connectivity index (χ0v) is 13.0. The lowest BCUT2D eigenvalue weighted by Crippen LogP contribution is -2.00. The van der Waals surface area contributed by atoms with Crippen LogP contribution >= 0.6 is 50.7 Å². The molecule has 2 aromatic carbocycles. The Hall–Kier alpha value is -0.410. The summed E-state index contributed by atoms with van der Waals surface area (Å²) < 4.78 is 0.947. The average Bonchev–Trinajstić information content (AvgIpc) is 2.30. The van der Waals surface area contributed by atoms with Gasteiger partial charge in [-0.25, -0.2) is 0 Å². The van der Waals surface area contributed by atoms with Gasteiger partial charge in [0.05, 0.1) is 10.7 Å². The van der Waals surface area contributed by atoms with Crippen LogP contribution in [0.15, 0.2) is 40.9 Å².